The first-order chi connectivity index (χ1) is 16.8. The van der Waals surface area contributed by atoms with Crippen molar-refractivity contribution in [2.45, 2.75) is 37.6 Å². The molecule has 1 saturated heterocycles. The summed E-state index contributed by atoms with van der Waals surface area (Å²) >= 11 is 0. The Balaban J connectivity index is 1.81. The molecule has 3 rings (SSSR count). The lowest BCUT2D eigenvalue weighted by Gasteiger charge is -2.36. The van der Waals surface area contributed by atoms with Crippen LogP contribution >= 0.6 is 10.7 Å². The molecule has 1 aromatic heterocycles. The van der Waals surface area contributed by atoms with Crippen LogP contribution in [-0.4, -0.2) is 56.3 Å². The van der Waals surface area contributed by atoms with Crippen LogP contribution < -0.4 is 10.6 Å². The molecule has 8 nitrogen and oxygen atoms in total. The van der Waals surface area contributed by atoms with Crippen LogP contribution in [0.4, 0.5) is 19.0 Å². The fourth-order valence-electron chi connectivity index (χ4n) is 4.16. The molecular formula is C23H26ClF3N4O4S. The van der Waals surface area contributed by atoms with E-state index < -0.39 is 43.4 Å². The van der Waals surface area contributed by atoms with Crippen molar-refractivity contribution in [3.63, 3.8) is 0 Å². The fourth-order valence-corrected chi connectivity index (χ4v) is 5.65. The van der Waals surface area contributed by atoms with Crippen LogP contribution in [0.25, 0.3) is 0 Å². The molecule has 0 spiro atoms. The molecule has 2 heterocycles. The molecule has 1 atom stereocenters. The zero-order valence-corrected chi connectivity index (χ0v) is 21.0. The first-order valence-electron chi connectivity index (χ1n) is 11.3. The average molecular weight is 547 g/mol. The number of primary amides is 1. The van der Waals surface area contributed by atoms with Crippen molar-refractivity contribution in [3.8, 4) is 0 Å². The molecule has 0 bridgehead atoms. The van der Waals surface area contributed by atoms with E-state index >= 15 is 0 Å². The van der Waals surface area contributed by atoms with Crippen LogP contribution in [0.2, 0.25) is 0 Å². The summed E-state index contributed by atoms with van der Waals surface area (Å²) in [7, 11) is 1.59. The third-order valence-corrected chi connectivity index (χ3v) is 7.82. The number of pyridine rings is 1. The fraction of sp³-hybridized carbons (Fsp3) is 0.435. The number of alkyl halides is 3. The number of anilines is 1. The quantitative estimate of drug-likeness (QED) is 0.501. The topological polar surface area (TPSA) is 114 Å². The third kappa shape index (κ3) is 6.28. The Labute approximate surface area is 211 Å². The summed E-state index contributed by atoms with van der Waals surface area (Å²) in [5.74, 6) is -1.31. The molecule has 2 amide bonds. The Kier molecular flexibility index (Phi) is 8.50. The van der Waals surface area contributed by atoms with E-state index in [1.165, 1.54) is 23.1 Å². The van der Waals surface area contributed by atoms with Gasteiger partial charge in [-0.2, -0.15) is 13.2 Å². The molecule has 1 fully saturated rings. The lowest BCUT2D eigenvalue weighted by molar-refractivity contribution is -0.138. The average Bonchev–Trinajstić information content (AvgIpc) is 2.82. The van der Waals surface area contributed by atoms with Gasteiger partial charge in [0.05, 0.1) is 11.1 Å². The van der Waals surface area contributed by atoms with Gasteiger partial charge in [-0.3, -0.25) is 9.59 Å². The molecule has 1 aliphatic rings. The smallest absolute Gasteiger partial charge is 0.364 e. The van der Waals surface area contributed by atoms with Gasteiger partial charge in [-0.05, 0) is 24.6 Å². The number of hydrogen-bond acceptors (Lipinski definition) is 6. The lowest BCUT2D eigenvalue weighted by atomic mass is 10.0. The maximum atomic E-state index is 13.3. The molecule has 2 aromatic rings. The zero-order valence-electron chi connectivity index (χ0n) is 19.5. The van der Waals surface area contributed by atoms with Crippen molar-refractivity contribution in [1.82, 2.24) is 9.88 Å². The van der Waals surface area contributed by atoms with Gasteiger partial charge in [-0.25, -0.2) is 13.4 Å². The number of amides is 2. The number of piperazine rings is 1. The van der Waals surface area contributed by atoms with Gasteiger partial charge in [0.25, 0.3) is 11.8 Å². The molecule has 196 valence electrons. The van der Waals surface area contributed by atoms with E-state index in [4.69, 9.17) is 16.4 Å². The number of aromatic nitrogens is 1. The van der Waals surface area contributed by atoms with E-state index in [2.05, 4.69) is 4.98 Å². The summed E-state index contributed by atoms with van der Waals surface area (Å²) in [6.45, 7) is 2.60. The van der Waals surface area contributed by atoms with E-state index in [1.54, 1.807) is 11.0 Å². The first-order valence-corrected chi connectivity index (χ1v) is 13.7. The molecule has 0 saturated carbocycles. The molecule has 0 aliphatic carbocycles. The minimum absolute atomic E-state index is 0.118. The highest BCUT2D eigenvalue weighted by Gasteiger charge is 2.36. The normalized spacial score (nSPS) is 15.6. The van der Waals surface area contributed by atoms with Gasteiger partial charge in [0.15, 0.2) is 0 Å². The lowest BCUT2D eigenvalue weighted by Crippen LogP contribution is -2.49. The summed E-state index contributed by atoms with van der Waals surface area (Å²) in [6.07, 6.45) is -3.18. The van der Waals surface area contributed by atoms with Gasteiger partial charge >= 0.3 is 6.18 Å². The number of nitrogens with zero attached hydrogens (tertiary/aromatic N) is 3. The highest BCUT2D eigenvalue weighted by atomic mass is 35.7. The highest BCUT2D eigenvalue weighted by molar-refractivity contribution is 8.13. The number of carbonyl (C=O) groups excluding carboxylic acids is 2. The molecular weight excluding hydrogens is 521 g/mol. The number of rotatable bonds is 8. The summed E-state index contributed by atoms with van der Waals surface area (Å²) in [5.41, 5.74) is 3.99. The number of halogens is 4. The Hall–Kier alpha value is -2.86. The van der Waals surface area contributed by atoms with E-state index in [9.17, 15) is 31.2 Å². The number of hydrogen-bond donors (Lipinski definition) is 1. The van der Waals surface area contributed by atoms with Crippen LogP contribution in [0.15, 0.2) is 36.4 Å². The molecule has 2 N–H and O–H groups in total. The van der Waals surface area contributed by atoms with Crippen molar-refractivity contribution < 1.29 is 31.2 Å². The van der Waals surface area contributed by atoms with E-state index in [-0.39, 0.29) is 43.9 Å². The summed E-state index contributed by atoms with van der Waals surface area (Å²) in [4.78, 5) is 32.3. The van der Waals surface area contributed by atoms with Crippen LogP contribution in [0.3, 0.4) is 0 Å². The Morgan fingerprint density at radius 2 is 1.75 bits per heavy atom. The molecule has 0 radical (unpaired) electrons. The Bertz CT molecular complexity index is 1230. The van der Waals surface area contributed by atoms with E-state index in [1.807, 2.05) is 6.92 Å². The molecule has 36 heavy (non-hydrogen) atoms. The number of carbonyl (C=O) groups is 2. The van der Waals surface area contributed by atoms with Gasteiger partial charge in [-0.1, -0.05) is 38.0 Å². The van der Waals surface area contributed by atoms with Crippen LogP contribution in [0, 0.1) is 0 Å². The second-order valence-corrected chi connectivity index (χ2v) is 11.2. The van der Waals surface area contributed by atoms with Crippen LogP contribution in [-0.2, 0) is 15.2 Å². The Morgan fingerprint density at radius 1 is 1.11 bits per heavy atom. The molecule has 1 unspecified atom stereocenters. The second-order valence-electron chi connectivity index (χ2n) is 8.40. The SMILES string of the molecule is CCCCC(c1ccc(N2CCN(C(=O)c3ccccc3C(F)(F)F)CC2)nc1C(N)=O)S(=O)(=O)Cl. The highest BCUT2D eigenvalue weighted by Crippen LogP contribution is 2.34. The number of benzene rings is 1. The molecule has 1 aliphatic heterocycles. The van der Waals surface area contributed by atoms with E-state index in [0.29, 0.717) is 12.2 Å². The monoisotopic (exact) mass is 546 g/mol. The van der Waals surface area contributed by atoms with Gasteiger partial charge in [0.1, 0.15) is 16.8 Å². The minimum Gasteiger partial charge on any atom is -0.364 e. The van der Waals surface area contributed by atoms with Crippen molar-refractivity contribution >= 4 is 37.4 Å². The van der Waals surface area contributed by atoms with Crippen molar-refractivity contribution in [2.75, 3.05) is 31.1 Å². The van der Waals surface area contributed by atoms with Crippen molar-refractivity contribution in [3.05, 3.63) is 58.8 Å². The first kappa shape index (κ1) is 27.7. The zero-order chi connectivity index (χ0) is 26.7. The largest absolute Gasteiger partial charge is 0.417 e. The summed E-state index contributed by atoms with van der Waals surface area (Å²) < 4.78 is 64.3. The van der Waals surface area contributed by atoms with Crippen LogP contribution in [0.5, 0.6) is 0 Å². The van der Waals surface area contributed by atoms with Gasteiger partial charge in [-0.15, -0.1) is 0 Å². The van der Waals surface area contributed by atoms with Crippen molar-refractivity contribution in [2.24, 2.45) is 5.73 Å². The number of unbranched alkanes of at least 4 members (excludes halogenated alkanes) is 1. The third-order valence-electron chi connectivity index (χ3n) is 6.01. The summed E-state index contributed by atoms with van der Waals surface area (Å²) in [5, 5.41) is -1.15. The Morgan fingerprint density at radius 3 is 2.31 bits per heavy atom. The van der Waals surface area contributed by atoms with Crippen LogP contribution in [0.1, 0.15) is 63.4 Å². The molecule has 1 aromatic carbocycles. The predicted molar refractivity (Wildman–Crippen MR) is 129 cm³/mol. The van der Waals surface area contributed by atoms with Crippen molar-refractivity contribution in [1.29, 1.82) is 0 Å². The maximum Gasteiger partial charge on any atom is 0.417 e. The predicted octanol–water partition coefficient (Wildman–Crippen LogP) is 3.96. The summed E-state index contributed by atoms with van der Waals surface area (Å²) in [6, 6.07) is 7.63. The minimum atomic E-state index is -4.66. The van der Waals surface area contributed by atoms with Gasteiger partial charge < -0.3 is 15.5 Å². The standard InChI is InChI=1S/C23H26ClF3N4O4S/c1-2-3-8-18(36(24,34)35)16-9-10-19(29-20(16)21(28)32)30-11-13-31(14-12-30)22(33)15-6-4-5-7-17(15)23(25,26)27/h4-7,9-10,18H,2-3,8,11-14H2,1H3,(H2,28,32). The second kappa shape index (κ2) is 11.0. The van der Waals surface area contributed by atoms with Gasteiger partial charge in [0.2, 0.25) is 9.05 Å². The molecule has 13 heteroatoms. The number of nitrogens with two attached hydrogens (primary N) is 1. The van der Waals surface area contributed by atoms with E-state index in [0.717, 1.165) is 18.6 Å². The van der Waals surface area contributed by atoms with Gasteiger partial charge in [0, 0.05) is 42.4 Å². The maximum absolute atomic E-state index is 13.3.